The van der Waals surface area contributed by atoms with Gasteiger partial charge in [-0.2, -0.15) is 0 Å². The molecule has 1 unspecified atom stereocenters. The second-order valence-electron chi connectivity index (χ2n) is 6.14. The molecule has 1 aromatic heterocycles. The molecule has 0 fully saturated rings. The van der Waals surface area contributed by atoms with E-state index < -0.39 is 0 Å². The van der Waals surface area contributed by atoms with Gasteiger partial charge in [0.1, 0.15) is 0 Å². The minimum atomic E-state index is -0.296. The van der Waals surface area contributed by atoms with Crippen LogP contribution in [0.25, 0.3) is 17.5 Å². The van der Waals surface area contributed by atoms with Crippen molar-refractivity contribution in [3.8, 4) is 11.4 Å². The third-order valence-electron chi connectivity index (χ3n) is 4.89. The zero-order valence-electron chi connectivity index (χ0n) is 12.8. The van der Waals surface area contributed by atoms with Gasteiger partial charge in [0.05, 0.1) is 16.9 Å². The van der Waals surface area contributed by atoms with Gasteiger partial charge < -0.3 is 0 Å². The first kappa shape index (κ1) is 13.3. The average Bonchev–Trinajstić information content (AvgIpc) is 2.96. The van der Waals surface area contributed by atoms with E-state index in [0.717, 1.165) is 23.4 Å². The molecule has 0 amide bonds. The minimum absolute atomic E-state index is 0.0898. The summed E-state index contributed by atoms with van der Waals surface area (Å²) in [4.78, 5) is 26.2. The Kier molecular flexibility index (Phi) is 2.59. The molecule has 2 heterocycles. The van der Waals surface area contributed by atoms with Gasteiger partial charge in [0.15, 0.2) is 0 Å². The van der Waals surface area contributed by atoms with Crippen LogP contribution in [0.1, 0.15) is 29.2 Å². The SMILES string of the molecule is O=c1c2c3n(c(=O)n1-c1ccccc1)-c1ccccc1C3CC=C2. The first-order valence-electron chi connectivity index (χ1n) is 8.00. The molecule has 1 aliphatic heterocycles. The lowest BCUT2D eigenvalue weighted by molar-refractivity contribution is 0.732. The van der Waals surface area contributed by atoms with Crippen LogP contribution < -0.4 is 11.2 Å². The number of hydrogen-bond acceptors (Lipinski definition) is 2. The van der Waals surface area contributed by atoms with Crippen molar-refractivity contribution in [3.05, 3.63) is 98.3 Å². The van der Waals surface area contributed by atoms with Crippen molar-refractivity contribution in [2.24, 2.45) is 0 Å². The fraction of sp³-hybridized carbons (Fsp3) is 0.100. The molecule has 0 saturated carbocycles. The highest BCUT2D eigenvalue weighted by atomic mass is 16.2. The highest BCUT2D eigenvalue weighted by Crippen LogP contribution is 2.42. The summed E-state index contributed by atoms with van der Waals surface area (Å²) >= 11 is 0. The number of allylic oxidation sites excluding steroid dienone is 1. The molecule has 24 heavy (non-hydrogen) atoms. The molecule has 0 N–H and O–H groups in total. The summed E-state index contributed by atoms with van der Waals surface area (Å²) in [6.45, 7) is 0. The van der Waals surface area contributed by atoms with Crippen molar-refractivity contribution in [2.45, 2.75) is 12.3 Å². The van der Waals surface area contributed by atoms with Gasteiger partial charge in [-0.3, -0.25) is 9.36 Å². The molecule has 3 aromatic rings. The van der Waals surface area contributed by atoms with Crippen molar-refractivity contribution >= 4 is 6.08 Å². The minimum Gasteiger partial charge on any atom is -0.268 e. The molecule has 0 saturated heterocycles. The lowest BCUT2D eigenvalue weighted by Gasteiger charge is -2.18. The number of hydrogen-bond donors (Lipinski definition) is 0. The van der Waals surface area contributed by atoms with E-state index in [4.69, 9.17) is 0 Å². The van der Waals surface area contributed by atoms with Crippen molar-refractivity contribution in [3.63, 3.8) is 0 Å². The number of fused-ring (bicyclic) bond motifs is 3. The topological polar surface area (TPSA) is 44.0 Å². The van der Waals surface area contributed by atoms with Gasteiger partial charge in [0.2, 0.25) is 0 Å². The summed E-state index contributed by atoms with van der Waals surface area (Å²) in [5.74, 6) is 0.0898. The molecule has 4 heteroatoms. The van der Waals surface area contributed by atoms with Gasteiger partial charge in [-0.05, 0) is 30.2 Å². The average molecular weight is 314 g/mol. The summed E-state index contributed by atoms with van der Waals surface area (Å²) < 4.78 is 2.99. The van der Waals surface area contributed by atoms with Gasteiger partial charge in [-0.1, -0.05) is 48.6 Å². The molecule has 4 nitrogen and oxygen atoms in total. The van der Waals surface area contributed by atoms with Crippen LogP contribution in [0, 0.1) is 0 Å². The fourth-order valence-corrected chi connectivity index (χ4v) is 3.87. The largest absolute Gasteiger partial charge is 0.340 e. The van der Waals surface area contributed by atoms with E-state index in [1.54, 1.807) is 16.7 Å². The highest BCUT2D eigenvalue weighted by Gasteiger charge is 2.35. The zero-order chi connectivity index (χ0) is 16.3. The Bertz CT molecular complexity index is 1120. The van der Waals surface area contributed by atoms with Crippen LogP contribution in [0.15, 0.2) is 70.3 Å². The second-order valence-corrected chi connectivity index (χ2v) is 6.14. The predicted molar refractivity (Wildman–Crippen MR) is 93.1 cm³/mol. The molecule has 2 aliphatic rings. The van der Waals surface area contributed by atoms with E-state index in [1.165, 1.54) is 4.57 Å². The second kappa shape index (κ2) is 4.68. The molecule has 0 radical (unpaired) electrons. The third kappa shape index (κ3) is 1.57. The number of para-hydroxylation sites is 2. The Labute approximate surface area is 137 Å². The van der Waals surface area contributed by atoms with Gasteiger partial charge in [-0.25, -0.2) is 9.36 Å². The molecule has 116 valence electrons. The first-order chi connectivity index (χ1) is 11.8. The van der Waals surface area contributed by atoms with Crippen molar-refractivity contribution in [2.75, 3.05) is 0 Å². The quantitative estimate of drug-likeness (QED) is 0.693. The fourth-order valence-electron chi connectivity index (χ4n) is 3.87. The van der Waals surface area contributed by atoms with E-state index in [9.17, 15) is 9.59 Å². The highest BCUT2D eigenvalue weighted by molar-refractivity contribution is 5.65. The van der Waals surface area contributed by atoms with Gasteiger partial charge in [-0.15, -0.1) is 0 Å². The molecule has 5 rings (SSSR count). The van der Waals surface area contributed by atoms with Crippen molar-refractivity contribution in [1.82, 2.24) is 9.13 Å². The lowest BCUT2D eigenvalue weighted by Crippen LogP contribution is -2.40. The number of aromatic nitrogens is 2. The maximum absolute atomic E-state index is 13.2. The van der Waals surface area contributed by atoms with Crippen molar-refractivity contribution in [1.29, 1.82) is 0 Å². The number of benzene rings is 2. The van der Waals surface area contributed by atoms with Crippen LogP contribution in [0.3, 0.4) is 0 Å². The van der Waals surface area contributed by atoms with Gasteiger partial charge in [0, 0.05) is 11.6 Å². The van der Waals surface area contributed by atoms with Crippen LogP contribution >= 0.6 is 0 Å². The summed E-state index contributed by atoms with van der Waals surface area (Å²) in [6.07, 6.45) is 4.70. The predicted octanol–water partition coefficient (Wildman–Crippen LogP) is 2.85. The normalized spacial score (nSPS) is 16.8. The molecule has 1 aliphatic carbocycles. The summed E-state index contributed by atoms with van der Waals surface area (Å²) in [7, 11) is 0. The Balaban J connectivity index is 1.97. The Morgan fingerprint density at radius 3 is 2.46 bits per heavy atom. The van der Waals surface area contributed by atoms with E-state index in [0.29, 0.717) is 11.3 Å². The van der Waals surface area contributed by atoms with Crippen LogP contribution in [0.2, 0.25) is 0 Å². The molecule has 0 bridgehead atoms. The Morgan fingerprint density at radius 2 is 1.62 bits per heavy atom. The summed E-state index contributed by atoms with van der Waals surface area (Å²) in [5.41, 5.74) is 3.51. The summed E-state index contributed by atoms with van der Waals surface area (Å²) in [5, 5.41) is 0. The Morgan fingerprint density at radius 1 is 0.875 bits per heavy atom. The Hall–Kier alpha value is -3.14. The van der Waals surface area contributed by atoms with E-state index in [1.807, 2.05) is 54.6 Å². The monoisotopic (exact) mass is 314 g/mol. The van der Waals surface area contributed by atoms with Crippen LogP contribution in [0.4, 0.5) is 0 Å². The number of rotatable bonds is 1. The van der Waals surface area contributed by atoms with Crippen LogP contribution in [-0.2, 0) is 0 Å². The first-order valence-corrected chi connectivity index (χ1v) is 8.00. The molecule has 0 spiro atoms. The third-order valence-corrected chi connectivity index (χ3v) is 4.89. The molecular formula is C20H14N2O2. The molecule has 1 atom stereocenters. The van der Waals surface area contributed by atoms with Gasteiger partial charge in [0.25, 0.3) is 5.56 Å². The van der Waals surface area contributed by atoms with Crippen molar-refractivity contribution < 1.29 is 0 Å². The smallest absolute Gasteiger partial charge is 0.268 e. The van der Waals surface area contributed by atoms with Gasteiger partial charge >= 0.3 is 5.69 Å². The zero-order valence-corrected chi connectivity index (χ0v) is 12.8. The van der Waals surface area contributed by atoms with Crippen LogP contribution in [-0.4, -0.2) is 9.13 Å². The number of nitrogens with zero attached hydrogens (tertiary/aromatic N) is 2. The van der Waals surface area contributed by atoms with E-state index >= 15 is 0 Å². The van der Waals surface area contributed by atoms with E-state index in [-0.39, 0.29) is 17.2 Å². The summed E-state index contributed by atoms with van der Waals surface area (Å²) in [6, 6.07) is 17.0. The maximum Gasteiger partial charge on any atom is 0.340 e. The van der Waals surface area contributed by atoms with E-state index in [2.05, 4.69) is 0 Å². The van der Waals surface area contributed by atoms with Crippen LogP contribution in [0.5, 0.6) is 0 Å². The molecular weight excluding hydrogens is 300 g/mol. The standard InChI is InChI=1S/C20H14N2O2/c23-19-16-11-6-10-15-14-9-4-5-12-17(14)22(18(15)16)20(24)21(19)13-7-2-1-3-8-13/h1-9,11-12,15H,10H2. The maximum atomic E-state index is 13.2. The molecule has 2 aromatic carbocycles. The lowest BCUT2D eigenvalue weighted by atomic mass is 9.88.